The molecule has 0 aromatic heterocycles. The fraction of sp³-hybridized carbons (Fsp3) is 0.370. The Kier molecular flexibility index (Phi) is 6.72. The average molecular weight is 463 g/mol. The second-order valence-electron chi connectivity index (χ2n) is 9.15. The highest BCUT2D eigenvalue weighted by atomic mass is 16.5. The molecule has 0 saturated carbocycles. The Morgan fingerprint density at radius 3 is 2.26 bits per heavy atom. The number of allylic oxidation sites excluding steroid dienone is 1. The van der Waals surface area contributed by atoms with Crippen molar-refractivity contribution < 1.29 is 24.2 Å². The quantitative estimate of drug-likeness (QED) is 0.534. The summed E-state index contributed by atoms with van der Waals surface area (Å²) in [5, 5.41) is 14.9. The molecule has 178 valence electrons. The van der Waals surface area contributed by atoms with E-state index in [0.717, 1.165) is 22.3 Å². The molecule has 4 rings (SSSR count). The monoisotopic (exact) mass is 462 g/mol. The first-order chi connectivity index (χ1) is 16.3. The van der Waals surface area contributed by atoms with Crippen molar-refractivity contribution >= 4 is 18.0 Å². The van der Waals surface area contributed by atoms with Crippen molar-refractivity contribution in [2.75, 3.05) is 6.61 Å². The number of carboxylic acids is 1. The number of hydrogen-bond donors (Lipinski definition) is 3. The van der Waals surface area contributed by atoms with Gasteiger partial charge in [-0.15, -0.1) is 0 Å². The van der Waals surface area contributed by atoms with Gasteiger partial charge in [0.15, 0.2) is 0 Å². The van der Waals surface area contributed by atoms with E-state index in [0.29, 0.717) is 12.8 Å². The molecule has 3 N–H and O–H groups in total. The van der Waals surface area contributed by atoms with Gasteiger partial charge in [-0.05, 0) is 48.4 Å². The molecule has 2 aliphatic carbocycles. The fourth-order valence-corrected chi connectivity index (χ4v) is 4.67. The van der Waals surface area contributed by atoms with Gasteiger partial charge in [-0.3, -0.25) is 4.79 Å². The molecule has 7 nitrogen and oxygen atoms in total. The highest BCUT2D eigenvalue weighted by molar-refractivity contribution is 5.88. The summed E-state index contributed by atoms with van der Waals surface area (Å²) in [6.45, 7) is 3.43. The van der Waals surface area contributed by atoms with Gasteiger partial charge in [0.1, 0.15) is 12.1 Å². The van der Waals surface area contributed by atoms with E-state index < -0.39 is 23.5 Å². The van der Waals surface area contributed by atoms with Crippen molar-refractivity contribution in [1.82, 2.24) is 10.6 Å². The van der Waals surface area contributed by atoms with Crippen LogP contribution in [-0.2, 0) is 14.3 Å². The number of hydrogen-bond acceptors (Lipinski definition) is 4. The number of amides is 2. The van der Waals surface area contributed by atoms with Crippen LogP contribution in [0.5, 0.6) is 0 Å². The first kappa shape index (κ1) is 23.5. The Balaban J connectivity index is 1.34. The van der Waals surface area contributed by atoms with Crippen LogP contribution in [-0.4, -0.2) is 41.3 Å². The van der Waals surface area contributed by atoms with Crippen LogP contribution in [0.25, 0.3) is 11.1 Å². The van der Waals surface area contributed by atoms with E-state index in [2.05, 4.69) is 34.9 Å². The lowest BCUT2D eigenvalue weighted by molar-refractivity contribution is -0.147. The number of carboxylic acid groups (broad SMARTS) is 1. The standard InChI is InChI=1S/C27H30N2O5/c1-3-27(2,25(31)32)29-24(30)17-9-8-10-18(15-17)28-26(33)34-16-23-21-13-6-4-11-19(21)20-12-5-7-14-22(20)23/h4-8,10-14,17-18,23H,3,9,15-16H2,1-2H3,(H,28,33)(H,29,30)(H,31,32). The minimum absolute atomic E-state index is 0.0266. The Hall–Kier alpha value is -3.61. The summed E-state index contributed by atoms with van der Waals surface area (Å²) in [5.74, 6) is -1.84. The predicted octanol–water partition coefficient (Wildman–Crippen LogP) is 4.23. The fourth-order valence-electron chi connectivity index (χ4n) is 4.67. The number of fused-ring (bicyclic) bond motifs is 3. The van der Waals surface area contributed by atoms with Crippen LogP contribution >= 0.6 is 0 Å². The van der Waals surface area contributed by atoms with Gasteiger partial charge in [-0.1, -0.05) is 67.6 Å². The second-order valence-corrected chi connectivity index (χ2v) is 9.15. The average Bonchev–Trinajstić information content (AvgIpc) is 3.16. The maximum atomic E-state index is 12.7. The van der Waals surface area contributed by atoms with E-state index in [1.54, 1.807) is 6.92 Å². The van der Waals surface area contributed by atoms with Crippen LogP contribution in [0.2, 0.25) is 0 Å². The number of nitrogens with one attached hydrogen (secondary N) is 2. The highest BCUT2D eigenvalue weighted by Gasteiger charge is 2.36. The van der Waals surface area contributed by atoms with E-state index >= 15 is 0 Å². The van der Waals surface area contributed by atoms with Gasteiger partial charge in [0.2, 0.25) is 5.91 Å². The zero-order valence-electron chi connectivity index (χ0n) is 19.4. The zero-order valence-corrected chi connectivity index (χ0v) is 19.4. The normalized spacial score (nSPS) is 20.5. The summed E-state index contributed by atoms with van der Waals surface area (Å²) >= 11 is 0. The smallest absolute Gasteiger partial charge is 0.407 e. The minimum Gasteiger partial charge on any atom is -0.480 e. The zero-order chi connectivity index (χ0) is 24.3. The first-order valence-corrected chi connectivity index (χ1v) is 11.7. The van der Waals surface area contributed by atoms with E-state index in [1.165, 1.54) is 6.92 Å². The number of alkyl carbamates (subject to hydrolysis) is 1. The molecule has 0 bridgehead atoms. The van der Waals surface area contributed by atoms with Crippen LogP contribution in [0.3, 0.4) is 0 Å². The number of carbonyl (C=O) groups excluding carboxylic acids is 2. The van der Waals surface area contributed by atoms with Crippen molar-refractivity contribution in [3.05, 3.63) is 71.8 Å². The van der Waals surface area contributed by atoms with Crippen LogP contribution in [0, 0.1) is 5.92 Å². The van der Waals surface area contributed by atoms with Gasteiger partial charge >= 0.3 is 12.1 Å². The lowest BCUT2D eigenvalue weighted by Gasteiger charge is -2.30. The summed E-state index contributed by atoms with van der Waals surface area (Å²) < 4.78 is 5.61. The molecule has 3 unspecified atom stereocenters. The molecule has 0 saturated heterocycles. The van der Waals surface area contributed by atoms with E-state index in [9.17, 15) is 19.5 Å². The lowest BCUT2D eigenvalue weighted by Crippen LogP contribution is -2.54. The summed E-state index contributed by atoms with van der Waals surface area (Å²) in [7, 11) is 0. The highest BCUT2D eigenvalue weighted by Crippen LogP contribution is 2.44. The molecule has 2 amide bonds. The molecule has 34 heavy (non-hydrogen) atoms. The van der Waals surface area contributed by atoms with Gasteiger partial charge < -0.3 is 20.5 Å². The Bertz CT molecular complexity index is 1080. The van der Waals surface area contributed by atoms with Gasteiger partial charge in [0.25, 0.3) is 0 Å². The summed E-state index contributed by atoms with van der Waals surface area (Å²) in [5.41, 5.74) is 3.30. The van der Waals surface area contributed by atoms with E-state index in [4.69, 9.17) is 4.74 Å². The number of carbonyl (C=O) groups is 3. The molecule has 0 radical (unpaired) electrons. The molecule has 2 aliphatic rings. The second kappa shape index (κ2) is 9.71. The van der Waals surface area contributed by atoms with Gasteiger partial charge in [-0.25, -0.2) is 9.59 Å². The molecule has 3 atom stereocenters. The molecule has 7 heteroatoms. The van der Waals surface area contributed by atoms with Gasteiger partial charge in [0, 0.05) is 11.8 Å². The molecule has 0 spiro atoms. The van der Waals surface area contributed by atoms with Crippen molar-refractivity contribution in [3.63, 3.8) is 0 Å². The predicted molar refractivity (Wildman–Crippen MR) is 128 cm³/mol. The third-order valence-corrected chi connectivity index (χ3v) is 6.92. The molecule has 2 aromatic carbocycles. The number of rotatable bonds is 7. The molecule has 0 aliphatic heterocycles. The number of aliphatic carboxylic acids is 1. The van der Waals surface area contributed by atoms with Crippen molar-refractivity contribution in [3.8, 4) is 11.1 Å². The van der Waals surface area contributed by atoms with Crippen molar-refractivity contribution in [1.29, 1.82) is 0 Å². The topological polar surface area (TPSA) is 105 Å². The van der Waals surface area contributed by atoms with E-state index in [-0.39, 0.29) is 30.9 Å². The lowest BCUT2D eigenvalue weighted by atomic mass is 9.88. The Morgan fingerprint density at radius 1 is 1.06 bits per heavy atom. The van der Waals surface area contributed by atoms with Crippen molar-refractivity contribution in [2.45, 2.75) is 50.6 Å². The largest absolute Gasteiger partial charge is 0.480 e. The third-order valence-electron chi connectivity index (χ3n) is 6.92. The van der Waals surface area contributed by atoms with Gasteiger partial charge in [-0.2, -0.15) is 0 Å². The summed E-state index contributed by atoms with van der Waals surface area (Å²) in [6, 6.07) is 15.9. The van der Waals surface area contributed by atoms with Crippen LogP contribution in [0.4, 0.5) is 4.79 Å². The van der Waals surface area contributed by atoms with Crippen LogP contribution in [0.1, 0.15) is 50.2 Å². The maximum absolute atomic E-state index is 12.7. The summed E-state index contributed by atoms with van der Waals surface area (Å²) in [4.78, 5) is 36.8. The van der Waals surface area contributed by atoms with Gasteiger partial charge in [0.05, 0.1) is 6.04 Å². The number of ether oxygens (including phenoxy) is 1. The van der Waals surface area contributed by atoms with Crippen LogP contribution < -0.4 is 10.6 Å². The molecular formula is C27H30N2O5. The Labute approximate surface area is 199 Å². The Morgan fingerprint density at radius 2 is 1.68 bits per heavy atom. The number of benzene rings is 2. The first-order valence-electron chi connectivity index (χ1n) is 11.7. The maximum Gasteiger partial charge on any atom is 0.407 e. The summed E-state index contributed by atoms with van der Waals surface area (Å²) in [6.07, 6.45) is 4.30. The van der Waals surface area contributed by atoms with E-state index in [1.807, 2.05) is 36.4 Å². The molecule has 0 fully saturated rings. The molecular weight excluding hydrogens is 432 g/mol. The SMILES string of the molecule is CCC(C)(NC(=O)C1CC=CC(NC(=O)OCC2c3ccccc3-c3ccccc32)C1)C(=O)O. The minimum atomic E-state index is -1.31. The molecule has 0 heterocycles. The third kappa shape index (κ3) is 4.69. The van der Waals surface area contributed by atoms with Crippen LogP contribution in [0.15, 0.2) is 60.7 Å². The van der Waals surface area contributed by atoms with Crippen molar-refractivity contribution in [2.24, 2.45) is 5.92 Å². The molecule has 2 aromatic rings.